The molecule has 0 aliphatic carbocycles. The summed E-state index contributed by atoms with van der Waals surface area (Å²) < 4.78 is 4.98. The molecule has 0 atom stereocenters. The topological polar surface area (TPSA) is 60.8 Å². The lowest BCUT2D eigenvalue weighted by molar-refractivity contribution is -0.139. The lowest BCUT2D eigenvalue weighted by Gasteiger charge is -2.06. The molecule has 0 N–H and O–H groups in total. The summed E-state index contributed by atoms with van der Waals surface area (Å²) in [7, 11) is 0. The molecule has 0 aliphatic rings. The third-order valence-electron chi connectivity index (χ3n) is 2.03. The average Bonchev–Trinajstić information content (AvgIpc) is 2.38. The molecule has 0 saturated carbocycles. The Morgan fingerprint density at radius 1 is 1.47 bits per heavy atom. The SMILES string of the molecule is CCOC(=O)/C(=C\c1cccnc1)CON=C(C)C. The number of ether oxygens (including phenoxy) is 1. The van der Waals surface area contributed by atoms with E-state index in [9.17, 15) is 4.79 Å². The summed E-state index contributed by atoms with van der Waals surface area (Å²) in [5.41, 5.74) is 2.00. The number of rotatable bonds is 6. The van der Waals surface area contributed by atoms with Crippen LogP contribution in [0.5, 0.6) is 0 Å². The number of carbonyl (C=O) groups excluding carboxylic acids is 1. The van der Waals surface area contributed by atoms with Crippen LogP contribution in [-0.4, -0.2) is 29.9 Å². The van der Waals surface area contributed by atoms with Crippen LogP contribution >= 0.6 is 0 Å². The minimum Gasteiger partial charge on any atom is -0.463 e. The van der Waals surface area contributed by atoms with Crippen molar-refractivity contribution in [3.05, 3.63) is 35.7 Å². The van der Waals surface area contributed by atoms with Gasteiger partial charge in [0.1, 0.15) is 6.61 Å². The molecule has 102 valence electrons. The monoisotopic (exact) mass is 262 g/mol. The summed E-state index contributed by atoms with van der Waals surface area (Å²) in [4.78, 5) is 20.9. The van der Waals surface area contributed by atoms with Crippen molar-refractivity contribution in [3.8, 4) is 0 Å². The standard InChI is InChI=1S/C14H18N2O3/c1-4-18-14(17)13(10-19-16-11(2)3)8-12-6-5-7-15-9-12/h5-9H,4,10H2,1-3H3/b13-8-. The number of nitrogens with zero attached hydrogens (tertiary/aromatic N) is 2. The van der Waals surface area contributed by atoms with Gasteiger partial charge in [0.05, 0.1) is 17.9 Å². The Morgan fingerprint density at radius 3 is 2.84 bits per heavy atom. The highest BCUT2D eigenvalue weighted by Crippen LogP contribution is 2.08. The van der Waals surface area contributed by atoms with Crippen molar-refractivity contribution in [1.29, 1.82) is 0 Å². The Morgan fingerprint density at radius 2 is 2.26 bits per heavy atom. The molecule has 0 spiro atoms. The highest BCUT2D eigenvalue weighted by molar-refractivity contribution is 5.93. The third kappa shape index (κ3) is 5.81. The first-order valence-electron chi connectivity index (χ1n) is 6.04. The second-order valence-electron chi connectivity index (χ2n) is 3.99. The first-order chi connectivity index (χ1) is 9.13. The lowest BCUT2D eigenvalue weighted by Crippen LogP contribution is -2.12. The Balaban J connectivity index is 2.83. The smallest absolute Gasteiger partial charge is 0.337 e. The molecule has 0 unspecified atom stereocenters. The number of aromatic nitrogens is 1. The Kier molecular flexibility index (Phi) is 6.29. The van der Waals surface area contributed by atoms with Gasteiger partial charge in [-0.2, -0.15) is 0 Å². The predicted octanol–water partition coefficient (Wildman–Crippen LogP) is 2.44. The van der Waals surface area contributed by atoms with Crippen LogP contribution < -0.4 is 0 Å². The van der Waals surface area contributed by atoms with Gasteiger partial charge >= 0.3 is 5.97 Å². The van der Waals surface area contributed by atoms with E-state index in [4.69, 9.17) is 9.57 Å². The highest BCUT2D eigenvalue weighted by atomic mass is 16.6. The highest BCUT2D eigenvalue weighted by Gasteiger charge is 2.11. The summed E-state index contributed by atoms with van der Waals surface area (Å²) in [5, 5.41) is 3.80. The van der Waals surface area contributed by atoms with Crippen molar-refractivity contribution >= 4 is 17.8 Å². The molecule has 1 aromatic heterocycles. The van der Waals surface area contributed by atoms with Crippen molar-refractivity contribution in [3.63, 3.8) is 0 Å². The number of hydrogen-bond acceptors (Lipinski definition) is 5. The molecule has 5 nitrogen and oxygen atoms in total. The van der Waals surface area contributed by atoms with E-state index >= 15 is 0 Å². The van der Waals surface area contributed by atoms with Gasteiger partial charge in [-0.15, -0.1) is 0 Å². The van der Waals surface area contributed by atoms with Gasteiger partial charge in [0, 0.05) is 12.4 Å². The van der Waals surface area contributed by atoms with Gasteiger partial charge < -0.3 is 9.57 Å². The van der Waals surface area contributed by atoms with Crippen LogP contribution in [0.25, 0.3) is 6.08 Å². The van der Waals surface area contributed by atoms with Crippen molar-refractivity contribution in [1.82, 2.24) is 4.98 Å². The van der Waals surface area contributed by atoms with Gasteiger partial charge in [0.25, 0.3) is 0 Å². The molecule has 0 fully saturated rings. The predicted molar refractivity (Wildman–Crippen MR) is 73.6 cm³/mol. The van der Waals surface area contributed by atoms with E-state index < -0.39 is 5.97 Å². The maximum absolute atomic E-state index is 11.8. The zero-order chi connectivity index (χ0) is 14.1. The Hall–Kier alpha value is -2.17. The molecule has 0 radical (unpaired) electrons. The van der Waals surface area contributed by atoms with E-state index in [-0.39, 0.29) is 6.61 Å². The molecule has 0 bridgehead atoms. The van der Waals surface area contributed by atoms with Crippen LogP contribution in [0, 0.1) is 0 Å². The summed E-state index contributed by atoms with van der Waals surface area (Å²) >= 11 is 0. The molecule has 1 rings (SSSR count). The fourth-order valence-electron chi connectivity index (χ4n) is 1.28. The molecule has 19 heavy (non-hydrogen) atoms. The number of hydrogen-bond donors (Lipinski definition) is 0. The zero-order valence-corrected chi connectivity index (χ0v) is 11.4. The number of oxime groups is 1. The average molecular weight is 262 g/mol. The van der Waals surface area contributed by atoms with E-state index in [1.165, 1.54) is 0 Å². The van der Waals surface area contributed by atoms with E-state index in [1.54, 1.807) is 31.5 Å². The molecule has 0 aromatic carbocycles. The fourth-order valence-corrected chi connectivity index (χ4v) is 1.28. The van der Waals surface area contributed by atoms with E-state index in [0.717, 1.165) is 11.3 Å². The van der Waals surface area contributed by atoms with Crippen LogP contribution in [0.2, 0.25) is 0 Å². The van der Waals surface area contributed by atoms with E-state index in [1.807, 2.05) is 19.9 Å². The minimum absolute atomic E-state index is 0.0684. The molecule has 0 aliphatic heterocycles. The normalized spacial score (nSPS) is 10.8. The van der Waals surface area contributed by atoms with Crippen molar-refractivity contribution < 1.29 is 14.4 Å². The first-order valence-corrected chi connectivity index (χ1v) is 6.04. The molecule has 1 heterocycles. The minimum atomic E-state index is -0.407. The number of carbonyl (C=O) groups is 1. The lowest BCUT2D eigenvalue weighted by atomic mass is 10.2. The second kappa shape index (κ2) is 8.02. The van der Waals surface area contributed by atoms with Gasteiger partial charge in [-0.25, -0.2) is 4.79 Å². The van der Waals surface area contributed by atoms with Crippen molar-refractivity contribution in [2.24, 2.45) is 5.16 Å². The van der Waals surface area contributed by atoms with Crippen molar-refractivity contribution in [2.75, 3.05) is 13.2 Å². The quantitative estimate of drug-likeness (QED) is 0.342. The zero-order valence-electron chi connectivity index (χ0n) is 11.4. The van der Waals surface area contributed by atoms with Gasteiger partial charge in [-0.1, -0.05) is 11.2 Å². The Bertz CT molecular complexity index is 463. The van der Waals surface area contributed by atoms with E-state index in [0.29, 0.717) is 12.2 Å². The third-order valence-corrected chi connectivity index (χ3v) is 2.03. The first kappa shape index (κ1) is 14.9. The largest absolute Gasteiger partial charge is 0.463 e. The maximum atomic E-state index is 11.8. The fraction of sp³-hybridized carbons (Fsp3) is 0.357. The van der Waals surface area contributed by atoms with E-state index in [2.05, 4.69) is 10.1 Å². The van der Waals surface area contributed by atoms with Gasteiger partial charge in [-0.3, -0.25) is 4.98 Å². The number of esters is 1. The number of pyridine rings is 1. The van der Waals surface area contributed by atoms with Crippen molar-refractivity contribution in [2.45, 2.75) is 20.8 Å². The molecule has 0 saturated heterocycles. The molecule has 0 amide bonds. The van der Waals surface area contributed by atoms with Gasteiger partial charge in [0.15, 0.2) is 0 Å². The maximum Gasteiger partial charge on any atom is 0.337 e. The van der Waals surface area contributed by atoms with Crippen LogP contribution in [0.4, 0.5) is 0 Å². The van der Waals surface area contributed by atoms with Crippen LogP contribution in [-0.2, 0) is 14.4 Å². The van der Waals surface area contributed by atoms with Gasteiger partial charge in [-0.05, 0) is 38.5 Å². The van der Waals surface area contributed by atoms with Crippen LogP contribution in [0.3, 0.4) is 0 Å². The van der Waals surface area contributed by atoms with Crippen LogP contribution in [0.15, 0.2) is 35.3 Å². The summed E-state index contributed by atoms with van der Waals surface area (Å²) in [6, 6.07) is 3.64. The van der Waals surface area contributed by atoms with Gasteiger partial charge in [0.2, 0.25) is 0 Å². The summed E-state index contributed by atoms with van der Waals surface area (Å²) in [6.07, 6.45) is 5.02. The summed E-state index contributed by atoms with van der Waals surface area (Å²) in [6.45, 7) is 5.77. The molecule has 1 aromatic rings. The molecular formula is C14H18N2O3. The molecular weight excluding hydrogens is 244 g/mol. The Labute approximate surface area is 112 Å². The molecule has 5 heteroatoms. The second-order valence-corrected chi connectivity index (χ2v) is 3.99. The van der Waals surface area contributed by atoms with Crippen LogP contribution in [0.1, 0.15) is 26.3 Å². The summed E-state index contributed by atoms with van der Waals surface area (Å²) in [5.74, 6) is -0.407.